The monoisotopic (exact) mass is 298 g/mol. The van der Waals surface area contributed by atoms with Gasteiger partial charge in [0.15, 0.2) is 0 Å². The molecule has 0 aliphatic heterocycles. The molecule has 2 aromatic heterocycles. The van der Waals surface area contributed by atoms with Gasteiger partial charge in [0.25, 0.3) is 5.56 Å². The standard InChI is InChI=1S/C10H11BrN4O2/c1-5(2)15-4-6(3-12-15)8-13-9(16)7(11)10(17)14-8/h3-5H,1-2H3,(H2,13,14,16,17). The molecular weight excluding hydrogens is 288 g/mol. The third kappa shape index (κ3) is 2.23. The number of nitrogens with one attached hydrogen (secondary N) is 1. The Morgan fingerprint density at radius 2 is 2.24 bits per heavy atom. The molecule has 0 saturated heterocycles. The van der Waals surface area contributed by atoms with Gasteiger partial charge in [-0.2, -0.15) is 10.1 Å². The summed E-state index contributed by atoms with van der Waals surface area (Å²) < 4.78 is 1.77. The van der Waals surface area contributed by atoms with Crippen LogP contribution < -0.4 is 5.56 Å². The summed E-state index contributed by atoms with van der Waals surface area (Å²) in [5.41, 5.74) is 0.225. The van der Waals surface area contributed by atoms with Gasteiger partial charge in [0.2, 0.25) is 5.88 Å². The molecule has 2 aromatic rings. The Morgan fingerprint density at radius 1 is 1.53 bits per heavy atom. The first-order valence-corrected chi connectivity index (χ1v) is 5.81. The van der Waals surface area contributed by atoms with Crippen molar-refractivity contribution in [2.45, 2.75) is 19.9 Å². The average molecular weight is 299 g/mol. The van der Waals surface area contributed by atoms with Crippen LogP contribution in [0.5, 0.6) is 5.88 Å². The molecule has 7 heteroatoms. The predicted octanol–water partition coefficient (Wildman–Crippen LogP) is 1.68. The fraction of sp³-hybridized carbons (Fsp3) is 0.300. The maximum absolute atomic E-state index is 11.4. The first-order chi connectivity index (χ1) is 7.99. The zero-order valence-corrected chi connectivity index (χ0v) is 10.9. The molecule has 0 aliphatic carbocycles. The summed E-state index contributed by atoms with van der Waals surface area (Å²) in [6.07, 6.45) is 3.35. The number of aromatic amines is 1. The van der Waals surface area contributed by atoms with Crippen molar-refractivity contribution >= 4 is 15.9 Å². The molecule has 90 valence electrons. The maximum Gasteiger partial charge on any atom is 0.269 e. The normalized spacial score (nSPS) is 11.1. The summed E-state index contributed by atoms with van der Waals surface area (Å²) >= 11 is 2.94. The Bertz CT molecular complexity index is 603. The molecule has 0 radical (unpaired) electrons. The highest BCUT2D eigenvalue weighted by Gasteiger charge is 2.11. The molecule has 2 heterocycles. The molecular formula is C10H11BrN4O2. The van der Waals surface area contributed by atoms with Gasteiger partial charge in [-0.1, -0.05) is 0 Å². The van der Waals surface area contributed by atoms with Crippen LogP contribution in [0, 0.1) is 0 Å². The minimum atomic E-state index is -0.426. The average Bonchev–Trinajstić information content (AvgIpc) is 2.74. The van der Waals surface area contributed by atoms with E-state index in [1.54, 1.807) is 17.1 Å². The lowest BCUT2D eigenvalue weighted by atomic mass is 10.3. The van der Waals surface area contributed by atoms with Crippen LogP contribution in [0.1, 0.15) is 19.9 Å². The lowest BCUT2D eigenvalue weighted by Crippen LogP contribution is -2.09. The molecule has 17 heavy (non-hydrogen) atoms. The van der Waals surface area contributed by atoms with Gasteiger partial charge < -0.3 is 10.1 Å². The van der Waals surface area contributed by atoms with Gasteiger partial charge >= 0.3 is 0 Å². The third-order valence-electron chi connectivity index (χ3n) is 2.25. The summed E-state index contributed by atoms with van der Waals surface area (Å²) in [7, 11) is 0. The molecule has 0 atom stereocenters. The molecule has 2 rings (SSSR count). The number of aromatic hydroxyl groups is 1. The van der Waals surface area contributed by atoms with Gasteiger partial charge in [-0.05, 0) is 29.8 Å². The van der Waals surface area contributed by atoms with E-state index < -0.39 is 5.56 Å². The Morgan fingerprint density at radius 3 is 2.76 bits per heavy atom. The van der Waals surface area contributed by atoms with Crippen LogP contribution in [0.25, 0.3) is 11.4 Å². The Hall–Kier alpha value is -1.63. The number of halogens is 1. The van der Waals surface area contributed by atoms with Crippen LogP contribution in [0.3, 0.4) is 0 Å². The SMILES string of the molecule is CC(C)n1cc(-c2nc(O)c(Br)c(=O)[nH]2)cn1. The van der Waals surface area contributed by atoms with E-state index in [1.807, 2.05) is 13.8 Å². The van der Waals surface area contributed by atoms with E-state index in [-0.39, 0.29) is 16.4 Å². The highest BCUT2D eigenvalue weighted by atomic mass is 79.9. The topological polar surface area (TPSA) is 83.8 Å². The zero-order chi connectivity index (χ0) is 12.6. The highest BCUT2D eigenvalue weighted by molar-refractivity contribution is 9.10. The predicted molar refractivity (Wildman–Crippen MR) is 65.8 cm³/mol. The maximum atomic E-state index is 11.4. The van der Waals surface area contributed by atoms with Crippen LogP contribution in [0.2, 0.25) is 0 Å². The Labute approximate surface area is 105 Å². The number of hydrogen-bond acceptors (Lipinski definition) is 4. The zero-order valence-electron chi connectivity index (χ0n) is 9.31. The fourth-order valence-corrected chi connectivity index (χ4v) is 1.51. The summed E-state index contributed by atoms with van der Waals surface area (Å²) in [5, 5.41) is 13.6. The van der Waals surface area contributed by atoms with E-state index >= 15 is 0 Å². The number of hydrogen-bond donors (Lipinski definition) is 2. The molecule has 0 spiro atoms. The molecule has 0 saturated carbocycles. The van der Waals surface area contributed by atoms with Crippen molar-refractivity contribution in [3.63, 3.8) is 0 Å². The van der Waals surface area contributed by atoms with E-state index in [0.29, 0.717) is 11.4 Å². The highest BCUT2D eigenvalue weighted by Crippen LogP contribution is 2.20. The summed E-state index contributed by atoms with van der Waals surface area (Å²) in [6, 6.07) is 0.222. The molecule has 0 unspecified atom stereocenters. The number of rotatable bonds is 2. The van der Waals surface area contributed by atoms with E-state index in [9.17, 15) is 9.90 Å². The summed E-state index contributed by atoms with van der Waals surface area (Å²) in [6.45, 7) is 3.98. The van der Waals surface area contributed by atoms with Crippen molar-refractivity contribution in [3.05, 3.63) is 27.2 Å². The molecule has 0 aromatic carbocycles. The van der Waals surface area contributed by atoms with E-state index in [1.165, 1.54) is 0 Å². The molecule has 2 N–H and O–H groups in total. The van der Waals surface area contributed by atoms with E-state index in [0.717, 1.165) is 0 Å². The molecule has 0 bridgehead atoms. The quantitative estimate of drug-likeness (QED) is 0.883. The van der Waals surface area contributed by atoms with Gasteiger partial charge in [0.05, 0.1) is 11.8 Å². The summed E-state index contributed by atoms with van der Waals surface area (Å²) in [5.74, 6) is -0.0383. The smallest absolute Gasteiger partial charge is 0.269 e. The molecule has 0 aliphatic rings. The van der Waals surface area contributed by atoms with Gasteiger partial charge in [-0.25, -0.2) is 0 Å². The lowest BCUT2D eigenvalue weighted by Gasteiger charge is -2.03. The van der Waals surface area contributed by atoms with Gasteiger partial charge in [-0.15, -0.1) is 0 Å². The minimum absolute atomic E-state index is 0.0255. The van der Waals surface area contributed by atoms with E-state index in [2.05, 4.69) is 31.0 Å². The van der Waals surface area contributed by atoms with Crippen molar-refractivity contribution < 1.29 is 5.11 Å². The van der Waals surface area contributed by atoms with Crippen molar-refractivity contribution in [2.75, 3.05) is 0 Å². The number of H-pyrrole nitrogens is 1. The van der Waals surface area contributed by atoms with Crippen LogP contribution >= 0.6 is 15.9 Å². The fourth-order valence-electron chi connectivity index (χ4n) is 1.33. The first-order valence-electron chi connectivity index (χ1n) is 5.02. The minimum Gasteiger partial charge on any atom is -0.492 e. The first kappa shape index (κ1) is 11.8. The largest absolute Gasteiger partial charge is 0.492 e. The molecule has 0 amide bonds. The second-order valence-electron chi connectivity index (χ2n) is 3.85. The van der Waals surface area contributed by atoms with Crippen LogP contribution in [-0.4, -0.2) is 24.9 Å². The second kappa shape index (κ2) is 4.33. The van der Waals surface area contributed by atoms with Crippen molar-refractivity contribution in [3.8, 4) is 17.3 Å². The van der Waals surface area contributed by atoms with Gasteiger partial charge in [0, 0.05) is 12.2 Å². The Kier molecular flexibility index (Phi) is 3.01. The third-order valence-corrected chi connectivity index (χ3v) is 2.96. The van der Waals surface area contributed by atoms with E-state index in [4.69, 9.17) is 0 Å². The van der Waals surface area contributed by atoms with Crippen LogP contribution in [0.4, 0.5) is 0 Å². The van der Waals surface area contributed by atoms with Gasteiger partial charge in [0.1, 0.15) is 10.3 Å². The van der Waals surface area contributed by atoms with Crippen molar-refractivity contribution in [1.82, 2.24) is 19.7 Å². The van der Waals surface area contributed by atoms with Crippen molar-refractivity contribution in [2.24, 2.45) is 0 Å². The van der Waals surface area contributed by atoms with Crippen LogP contribution in [0.15, 0.2) is 21.7 Å². The van der Waals surface area contributed by atoms with Crippen molar-refractivity contribution in [1.29, 1.82) is 0 Å². The Balaban J connectivity index is 2.49. The summed E-state index contributed by atoms with van der Waals surface area (Å²) in [4.78, 5) is 17.9. The molecule has 6 nitrogen and oxygen atoms in total. The lowest BCUT2D eigenvalue weighted by molar-refractivity contribution is 0.448. The van der Waals surface area contributed by atoms with Gasteiger partial charge in [-0.3, -0.25) is 9.48 Å². The number of aromatic nitrogens is 4. The number of nitrogens with zero attached hydrogens (tertiary/aromatic N) is 3. The van der Waals surface area contributed by atoms with Crippen LogP contribution in [-0.2, 0) is 0 Å². The second-order valence-corrected chi connectivity index (χ2v) is 4.65. The molecule has 0 fully saturated rings.